The minimum absolute atomic E-state index is 0.0489. The predicted octanol–water partition coefficient (Wildman–Crippen LogP) is 2.87. The van der Waals surface area contributed by atoms with Crippen molar-refractivity contribution in [1.82, 2.24) is 0 Å². The Morgan fingerprint density at radius 2 is 2.00 bits per heavy atom. The van der Waals surface area contributed by atoms with E-state index in [1.807, 2.05) is 6.07 Å². The number of hydrogen-bond donors (Lipinski definition) is 2. The summed E-state index contributed by atoms with van der Waals surface area (Å²) in [7, 11) is -2.23. The molecule has 0 unspecified atom stereocenters. The molecule has 5 nitrogen and oxygen atoms in total. The molecule has 0 fully saturated rings. The van der Waals surface area contributed by atoms with Crippen molar-refractivity contribution in [3.05, 3.63) is 53.1 Å². The molecule has 0 saturated carbocycles. The van der Waals surface area contributed by atoms with Crippen LogP contribution in [0.15, 0.2) is 47.4 Å². The van der Waals surface area contributed by atoms with E-state index in [-0.39, 0.29) is 10.6 Å². The van der Waals surface area contributed by atoms with Gasteiger partial charge in [-0.1, -0.05) is 23.7 Å². The monoisotopic (exact) mass is 326 g/mol. The van der Waals surface area contributed by atoms with Crippen LogP contribution in [0.3, 0.4) is 0 Å². The van der Waals surface area contributed by atoms with E-state index >= 15 is 0 Å². The second-order valence-electron chi connectivity index (χ2n) is 4.42. The molecular formula is C14H15ClN2O3S. The van der Waals surface area contributed by atoms with Crippen LogP contribution in [0.2, 0.25) is 5.02 Å². The highest BCUT2D eigenvalue weighted by Gasteiger charge is 2.18. The lowest BCUT2D eigenvalue weighted by atomic mass is 10.2. The van der Waals surface area contributed by atoms with Gasteiger partial charge in [0.1, 0.15) is 4.90 Å². The van der Waals surface area contributed by atoms with Gasteiger partial charge in [-0.05, 0) is 35.9 Å². The van der Waals surface area contributed by atoms with Gasteiger partial charge in [-0.15, -0.1) is 0 Å². The summed E-state index contributed by atoms with van der Waals surface area (Å²) in [5.74, 6) is 0. The number of nitrogens with two attached hydrogens (primary N) is 1. The van der Waals surface area contributed by atoms with Crippen molar-refractivity contribution in [3.8, 4) is 0 Å². The van der Waals surface area contributed by atoms with Gasteiger partial charge in [0.25, 0.3) is 10.0 Å². The first kappa shape index (κ1) is 15.6. The van der Waals surface area contributed by atoms with Crippen LogP contribution < -0.4 is 10.5 Å². The minimum atomic E-state index is -3.80. The Balaban J connectivity index is 2.33. The van der Waals surface area contributed by atoms with Gasteiger partial charge in [-0.3, -0.25) is 4.72 Å². The summed E-state index contributed by atoms with van der Waals surface area (Å²) in [6, 6.07) is 11.2. The molecule has 7 heteroatoms. The highest BCUT2D eigenvalue weighted by Crippen LogP contribution is 2.25. The van der Waals surface area contributed by atoms with Crippen molar-refractivity contribution >= 4 is 33.0 Å². The lowest BCUT2D eigenvalue weighted by Gasteiger charge is -2.11. The SMILES string of the molecule is COCc1cccc(NS(=O)(=O)c2cc(Cl)ccc2N)c1. The van der Waals surface area contributed by atoms with Gasteiger partial charge in [0, 0.05) is 17.8 Å². The van der Waals surface area contributed by atoms with Crippen molar-refractivity contribution in [2.75, 3.05) is 17.6 Å². The molecule has 21 heavy (non-hydrogen) atoms. The summed E-state index contributed by atoms with van der Waals surface area (Å²) in [4.78, 5) is -0.0489. The number of ether oxygens (including phenoxy) is 1. The molecule has 0 aliphatic rings. The number of benzene rings is 2. The van der Waals surface area contributed by atoms with Crippen LogP contribution in [0.4, 0.5) is 11.4 Å². The van der Waals surface area contributed by atoms with Crippen LogP contribution in [0, 0.1) is 0 Å². The molecule has 112 valence electrons. The normalized spacial score (nSPS) is 11.3. The van der Waals surface area contributed by atoms with E-state index in [9.17, 15) is 8.42 Å². The molecular weight excluding hydrogens is 312 g/mol. The molecule has 0 atom stereocenters. The van der Waals surface area contributed by atoms with Crippen molar-refractivity contribution < 1.29 is 13.2 Å². The van der Waals surface area contributed by atoms with E-state index in [1.165, 1.54) is 18.2 Å². The second-order valence-corrected chi connectivity index (χ2v) is 6.51. The van der Waals surface area contributed by atoms with E-state index < -0.39 is 10.0 Å². The Labute approximate surface area is 128 Å². The summed E-state index contributed by atoms with van der Waals surface area (Å²) in [5, 5.41) is 0.303. The van der Waals surface area contributed by atoms with E-state index in [0.29, 0.717) is 17.3 Å². The van der Waals surface area contributed by atoms with Crippen molar-refractivity contribution in [1.29, 1.82) is 0 Å². The first-order valence-corrected chi connectivity index (χ1v) is 7.94. The maximum absolute atomic E-state index is 12.4. The van der Waals surface area contributed by atoms with Gasteiger partial charge in [-0.2, -0.15) is 0 Å². The molecule has 0 aliphatic heterocycles. The van der Waals surface area contributed by atoms with Crippen LogP contribution in [0.25, 0.3) is 0 Å². The molecule has 0 radical (unpaired) electrons. The van der Waals surface area contributed by atoms with Gasteiger partial charge in [-0.25, -0.2) is 8.42 Å². The third-order valence-corrected chi connectivity index (χ3v) is 4.43. The van der Waals surface area contributed by atoms with Crippen LogP contribution in [0.5, 0.6) is 0 Å². The molecule has 2 aromatic rings. The van der Waals surface area contributed by atoms with Crippen LogP contribution >= 0.6 is 11.6 Å². The number of hydrogen-bond acceptors (Lipinski definition) is 4. The van der Waals surface area contributed by atoms with Gasteiger partial charge in [0.2, 0.25) is 0 Å². The second kappa shape index (κ2) is 6.34. The van der Waals surface area contributed by atoms with Crippen LogP contribution in [-0.4, -0.2) is 15.5 Å². The zero-order valence-electron chi connectivity index (χ0n) is 11.3. The zero-order valence-corrected chi connectivity index (χ0v) is 12.9. The van der Waals surface area contributed by atoms with Crippen LogP contribution in [0.1, 0.15) is 5.56 Å². The molecule has 2 rings (SSSR count). The molecule has 0 aliphatic carbocycles. The first-order valence-electron chi connectivity index (χ1n) is 6.08. The summed E-state index contributed by atoms with van der Waals surface area (Å²) in [6.07, 6.45) is 0. The molecule has 0 heterocycles. The smallest absolute Gasteiger partial charge is 0.263 e. The molecule has 0 bridgehead atoms. The van der Waals surface area contributed by atoms with Crippen molar-refractivity contribution in [2.24, 2.45) is 0 Å². The third kappa shape index (κ3) is 3.87. The van der Waals surface area contributed by atoms with Crippen molar-refractivity contribution in [3.63, 3.8) is 0 Å². The van der Waals surface area contributed by atoms with Crippen LogP contribution in [-0.2, 0) is 21.4 Å². The third-order valence-electron chi connectivity index (χ3n) is 2.76. The Kier molecular flexibility index (Phi) is 4.72. The molecule has 3 N–H and O–H groups in total. The van der Waals surface area contributed by atoms with Gasteiger partial charge < -0.3 is 10.5 Å². The van der Waals surface area contributed by atoms with E-state index in [2.05, 4.69) is 4.72 Å². The number of methoxy groups -OCH3 is 1. The zero-order chi connectivity index (χ0) is 15.5. The number of nitrogen functional groups attached to an aromatic ring is 1. The first-order chi connectivity index (χ1) is 9.92. The summed E-state index contributed by atoms with van der Waals surface area (Å²) in [6.45, 7) is 0.398. The fourth-order valence-corrected chi connectivity index (χ4v) is 3.29. The molecule has 0 saturated heterocycles. The fourth-order valence-electron chi connectivity index (χ4n) is 1.84. The van der Waals surface area contributed by atoms with Gasteiger partial charge >= 0.3 is 0 Å². The van der Waals surface area contributed by atoms with E-state index in [4.69, 9.17) is 22.1 Å². The van der Waals surface area contributed by atoms with Gasteiger partial charge in [0.05, 0.1) is 12.3 Å². The van der Waals surface area contributed by atoms with Gasteiger partial charge in [0.15, 0.2) is 0 Å². The molecule has 0 aromatic heterocycles. The predicted molar refractivity (Wildman–Crippen MR) is 83.8 cm³/mol. The van der Waals surface area contributed by atoms with E-state index in [1.54, 1.807) is 25.3 Å². The molecule has 0 amide bonds. The Hall–Kier alpha value is -1.76. The largest absolute Gasteiger partial charge is 0.398 e. The maximum Gasteiger partial charge on any atom is 0.263 e. The standard InChI is InChI=1S/C14H15ClN2O3S/c1-20-9-10-3-2-4-12(7-10)17-21(18,19)14-8-11(15)5-6-13(14)16/h2-8,17H,9,16H2,1H3. The quantitative estimate of drug-likeness (QED) is 0.828. The maximum atomic E-state index is 12.4. The lowest BCUT2D eigenvalue weighted by Crippen LogP contribution is -2.15. The minimum Gasteiger partial charge on any atom is -0.398 e. The summed E-state index contributed by atoms with van der Waals surface area (Å²) < 4.78 is 32.2. The summed E-state index contributed by atoms with van der Waals surface area (Å²) >= 11 is 5.83. The average Bonchev–Trinajstić information content (AvgIpc) is 2.42. The highest BCUT2D eigenvalue weighted by atomic mass is 35.5. The van der Waals surface area contributed by atoms with Crippen molar-refractivity contribution in [2.45, 2.75) is 11.5 Å². The Bertz CT molecular complexity index is 748. The topological polar surface area (TPSA) is 81.4 Å². The van der Waals surface area contributed by atoms with E-state index in [0.717, 1.165) is 5.56 Å². The highest BCUT2D eigenvalue weighted by molar-refractivity contribution is 7.92. The molecule has 0 spiro atoms. The molecule has 2 aromatic carbocycles. The Morgan fingerprint density at radius 1 is 1.24 bits per heavy atom. The number of rotatable bonds is 5. The number of nitrogens with one attached hydrogen (secondary N) is 1. The number of halogens is 1. The lowest BCUT2D eigenvalue weighted by molar-refractivity contribution is 0.185. The number of sulfonamides is 1. The average molecular weight is 327 g/mol. The summed E-state index contributed by atoms with van der Waals surface area (Å²) in [5.41, 5.74) is 7.14. The number of anilines is 2. The fraction of sp³-hybridized carbons (Fsp3) is 0.143. The Morgan fingerprint density at radius 3 is 2.71 bits per heavy atom.